The summed E-state index contributed by atoms with van der Waals surface area (Å²) in [5.74, 6) is 2.51. The first-order valence-corrected chi connectivity index (χ1v) is 11.7. The maximum Gasteiger partial charge on any atom is 0.225 e. The summed E-state index contributed by atoms with van der Waals surface area (Å²) in [7, 11) is 0. The summed E-state index contributed by atoms with van der Waals surface area (Å²) in [6.45, 7) is 10.9. The van der Waals surface area contributed by atoms with Gasteiger partial charge in [-0.05, 0) is 69.3 Å². The van der Waals surface area contributed by atoms with Crippen LogP contribution in [0.4, 0.5) is 5.95 Å². The molecule has 5 rings (SSSR count). The van der Waals surface area contributed by atoms with Crippen LogP contribution in [0.1, 0.15) is 77.7 Å². The standard InChI is InChI=1S/C24H36N4O/c1-15(2)22(29)18-9-24(10-18)7-17(8-24)19-11-25-23(26-12-19)28-20-5-6-21(28)14-27(13-20)16(3)4/h11-12,15-18,20-21H,5-10,13-14H2,1-4H3/t17-,18-,20?,21?,24?. The van der Waals surface area contributed by atoms with E-state index in [0.29, 0.717) is 41.2 Å². The molecule has 1 aromatic rings. The van der Waals surface area contributed by atoms with Gasteiger partial charge in [-0.2, -0.15) is 0 Å². The number of Topliss-reactive ketones (excluding diaryl/α,β-unsaturated/α-hetero) is 1. The number of fused-ring (bicyclic) bond motifs is 2. The Morgan fingerprint density at radius 3 is 2.10 bits per heavy atom. The molecule has 4 aliphatic rings. The Morgan fingerprint density at radius 2 is 1.59 bits per heavy atom. The van der Waals surface area contributed by atoms with Crippen LogP contribution in [-0.4, -0.2) is 51.9 Å². The maximum atomic E-state index is 12.2. The lowest BCUT2D eigenvalue weighted by molar-refractivity contribution is -0.139. The van der Waals surface area contributed by atoms with Gasteiger partial charge in [0.15, 0.2) is 0 Å². The Morgan fingerprint density at radius 1 is 1.00 bits per heavy atom. The fraction of sp³-hybridized carbons (Fsp3) is 0.792. The third-order valence-electron chi connectivity index (χ3n) is 8.29. The Labute approximate surface area is 175 Å². The van der Waals surface area contributed by atoms with Crippen LogP contribution in [0.2, 0.25) is 0 Å². The average Bonchev–Trinajstić information content (AvgIpc) is 2.88. The van der Waals surface area contributed by atoms with Crippen LogP contribution in [0.3, 0.4) is 0 Å². The molecule has 0 amide bonds. The number of ketones is 1. The lowest BCUT2D eigenvalue weighted by atomic mass is 9.46. The van der Waals surface area contributed by atoms with Gasteiger partial charge in [-0.25, -0.2) is 9.97 Å². The summed E-state index contributed by atoms with van der Waals surface area (Å²) in [6.07, 6.45) is 11.4. The Balaban J connectivity index is 1.18. The third-order valence-corrected chi connectivity index (χ3v) is 8.29. The van der Waals surface area contributed by atoms with Crippen molar-refractivity contribution in [2.75, 3.05) is 18.0 Å². The molecule has 29 heavy (non-hydrogen) atoms. The predicted molar refractivity (Wildman–Crippen MR) is 115 cm³/mol. The van der Waals surface area contributed by atoms with Crippen LogP contribution >= 0.6 is 0 Å². The summed E-state index contributed by atoms with van der Waals surface area (Å²) in [5.41, 5.74) is 1.75. The molecule has 2 aliphatic carbocycles. The van der Waals surface area contributed by atoms with E-state index in [1.165, 1.54) is 31.2 Å². The predicted octanol–water partition coefficient (Wildman–Crippen LogP) is 4.04. The minimum atomic E-state index is 0.187. The van der Waals surface area contributed by atoms with E-state index in [1.54, 1.807) is 0 Å². The summed E-state index contributed by atoms with van der Waals surface area (Å²) in [4.78, 5) is 26.9. The van der Waals surface area contributed by atoms with E-state index in [0.717, 1.165) is 31.9 Å². The molecular weight excluding hydrogens is 360 g/mol. The maximum absolute atomic E-state index is 12.2. The number of hydrogen-bond acceptors (Lipinski definition) is 5. The molecule has 3 heterocycles. The smallest absolute Gasteiger partial charge is 0.225 e. The number of carbonyl (C=O) groups excluding carboxylic acids is 1. The lowest BCUT2D eigenvalue weighted by Gasteiger charge is -2.57. The molecule has 5 nitrogen and oxygen atoms in total. The molecule has 2 atom stereocenters. The lowest BCUT2D eigenvalue weighted by Crippen LogP contribution is -2.56. The number of hydrogen-bond donors (Lipinski definition) is 0. The van der Waals surface area contributed by atoms with Crippen molar-refractivity contribution in [3.05, 3.63) is 18.0 Å². The van der Waals surface area contributed by atoms with Crippen molar-refractivity contribution >= 4 is 11.7 Å². The van der Waals surface area contributed by atoms with Crippen LogP contribution in [0.25, 0.3) is 0 Å². The molecule has 4 fully saturated rings. The van der Waals surface area contributed by atoms with Crippen molar-refractivity contribution in [1.29, 1.82) is 0 Å². The largest absolute Gasteiger partial charge is 0.332 e. The Bertz CT molecular complexity index is 746. The van der Waals surface area contributed by atoms with Gasteiger partial charge in [-0.3, -0.25) is 9.69 Å². The highest BCUT2D eigenvalue weighted by Crippen LogP contribution is 2.64. The minimum Gasteiger partial charge on any atom is -0.332 e. The van der Waals surface area contributed by atoms with Crippen LogP contribution in [0.5, 0.6) is 0 Å². The SMILES string of the molecule is CC(C)C(=O)[C@H]1CC2(C1)C[C@H](c1cnc(N3C4CCC3CN(C(C)C)C4)nc1)C2. The van der Waals surface area contributed by atoms with Gasteiger partial charge in [-0.15, -0.1) is 0 Å². The van der Waals surface area contributed by atoms with Crippen molar-refractivity contribution < 1.29 is 4.79 Å². The summed E-state index contributed by atoms with van der Waals surface area (Å²) < 4.78 is 0. The third kappa shape index (κ3) is 3.30. The molecule has 1 aromatic heterocycles. The van der Waals surface area contributed by atoms with Crippen molar-refractivity contribution in [2.24, 2.45) is 17.3 Å². The zero-order chi connectivity index (χ0) is 20.3. The Hall–Kier alpha value is -1.49. The normalized spacial score (nSPS) is 36.6. The highest BCUT2D eigenvalue weighted by Gasteiger charge is 2.55. The number of rotatable bonds is 5. The highest BCUT2D eigenvalue weighted by molar-refractivity contribution is 5.83. The monoisotopic (exact) mass is 396 g/mol. The fourth-order valence-electron chi connectivity index (χ4n) is 6.57. The molecule has 158 valence electrons. The fourth-order valence-corrected chi connectivity index (χ4v) is 6.57. The van der Waals surface area contributed by atoms with Crippen molar-refractivity contribution in [2.45, 2.75) is 90.3 Å². The van der Waals surface area contributed by atoms with E-state index in [1.807, 2.05) is 13.8 Å². The minimum absolute atomic E-state index is 0.187. The quantitative estimate of drug-likeness (QED) is 0.752. The van der Waals surface area contributed by atoms with Crippen LogP contribution in [0.15, 0.2) is 12.4 Å². The first-order chi connectivity index (χ1) is 13.8. The van der Waals surface area contributed by atoms with Crippen molar-refractivity contribution in [3.63, 3.8) is 0 Å². The molecule has 2 saturated carbocycles. The van der Waals surface area contributed by atoms with E-state index in [9.17, 15) is 4.79 Å². The van der Waals surface area contributed by atoms with Gasteiger partial charge in [0.1, 0.15) is 5.78 Å². The molecule has 0 aromatic carbocycles. The molecule has 0 N–H and O–H groups in total. The van der Waals surface area contributed by atoms with Crippen molar-refractivity contribution in [1.82, 2.24) is 14.9 Å². The number of aromatic nitrogens is 2. The molecule has 2 unspecified atom stereocenters. The molecule has 0 radical (unpaired) electrons. The van der Waals surface area contributed by atoms with Gasteiger partial charge < -0.3 is 4.90 Å². The van der Waals surface area contributed by atoms with Gasteiger partial charge in [-0.1, -0.05) is 13.8 Å². The van der Waals surface area contributed by atoms with Gasteiger partial charge in [0.2, 0.25) is 5.95 Å². The van der Waals surface area contributed by atoms with Crippen molar-refractivity contribution in [3.8, 4) is 0 Å². The second-order valence-electron chi connectivity index (χ2n) is 10.9. The molecule has 2 bridgehead atoms. The average molecular weight is 397 g/mol. The van der Waals surface area contributed by atoms with E-state index < -0.39 is 0 Å². The van der Waals surface area contributed by atoms with Gasteiger partial charge in [0.25, 0.3) is 0 Å². The van der Waals surface area contributed by atoms with Gasteiger partial charge in [0.05, 0.1) is 0 Å². The zero-order valence-corrected chi connectivity index (χ0v) is 18.5. The van der Waals surface area contributed by atoms with Crippen LogP contribution in [-0.2, 0) is 4.79 Å². The van der Waals surface area contributed by atoms with E-state index in [-0.39, 0.29) is 5.92 Å². The molecule has 2 saturated heterocycles. The molecule has 2 aliphatic heterocycles. The first kappa shape index (κ1) is 19.5. The van der Waals surface area contributed by atoms with Crippen LogP contribution < -0.4 is 4.90 Å². The number of piperazine rings is 1. The molecule has 1 spiro atoms. The van der Waals surface area contributed by atoms with E-state index in [2.05, 4.69) is 36.0 Å². The molecular formula is C24H36N4O. The van der Waals surface area contributed by atoms with E-state index >= 15 is 0 Å². The Kier molecular flexibility index (Phi) is 4.73. The number of likely N-dealkylation sites (tertiary alicyclic amines) is 1. The number of nitrogens with zero attached hydrogens (tertiary/aromatic N) is 4. The molecule has 5 heteroatoms. The zero-order valence-electron chi connectivity index (χ0n) is 18.5. The van der Waals surface area contributed by atoms with Gasteiger partial charge in [0, 0.05) is 55.4 Å². The second-order valence-corrected chi connectivity index (χ2v) is 10.9. The number of carbonyl (C=O) groups is 1. The van der Waals surface area contributed by atoms with Crippen LogP contribution in [0, 0.1) is 17.3 Å². The summed E-state index contributed by atoms with van der Waals surface area (Å²) in [5, 5.41) is 0. The number of anilines is 1. The summed E-state index contributed by atoms with van der Waals surface area (Å²) in [6, 6.07) is 1.76. The summed E-state index contributed by atoms with van der Waals surface area (Å²) >= 11 is 0. The van der Waals surface area contributed by atoms with E-state index in [4.69, 9.17) is 9.97 Å². The second kappa shape index (κ2) is 7.04. The van der Waals surface area contributed by atoms with Gasteiger partial charge >= 0.3 is 0 Å². The first-order valence-electron chi connectivity index (χ1n) is 11.7. The highest BCUT2D eigenvalue weighted by atomic mass is 16.1. The topological polar surface area (TPSA) is 49.3 Å².